The maximum Gasteiger partial charge on any atom is 0.307 e. The summed E-state index contributed by atoms with van der Waals surface area (Å²) in [5.74, 6) is -0.150. The van der Waals surface area contributed by atoms with Crippen molar-refractivity contribution in [1.29, 1.82) is 0 Å². The lowest BCUT2D eigenvalue weighted by atomic mass is 10.2. The standard InChI is InChI=1S/C12H21NO3/c1-3-16-12(15)8-9-13(10(2)14)11-6-4-5-7-11/h11H,3-9H2,1-2H3. The average molecular weight is 227 g/mol. The Bertz CT molecular complexity index is 247. The molecule has 92 valence electrons. The van der Waals surface area contributed by atoms with Crippen molar-refractivity contribution in [2.75, 3.05) is 13.2 Å². The second-order valence-electron chi connectivity index (χ2n) is 4.21. The number of ether oxygens (including phenoxy) is 1. The summed E-state index contributed by atoms with van der Waals surface area (Å²) in [5, 5.41) is 0. The van der Waals surface area contributed by atoms with Crippen LogP contribution in [-0.2, 0) is 14.3 Å². The summed E-state index contributed by atoms with van der Waals surface area (Å²) < 4.78 is 4.86. The fourth-order valence-electron chi connectivity index (χ4n) is 2.26. The molecular weight excluding hydrogens is 206 g/mol. The highest BCUT2D eigenvalue weighted by molar-refractivity contribution is 5.75. The minimum atomic E-state index is -0.216. The van der Waals surface area contributed by atoms with Gasteiger partial charge in [-0.25, -0.2) is 0 Å². The smallest absolute Gasteiger partial charge is 0.307 e. The first kappa shape index (κ1) is 13.0. The van der Waals surface area contributed by atoms with E-state index in [1.165, 1.54) is 12.8 Å². The van der Waals surface area contributed by atoms with E-state index in [1.807, 2.05) is 4.90 Å². The molecule has 1 fully saturated rings. The molecule has 0 unspecified atom stereocenters. The fourth-order valence-corrected chi connectivity index (χ4v) is 2.26. The largest absolute Gasteiger partial charge is 0.466 e. The molecule has 1 saturated carbocycles. The molecule has 4 nitrogen and oxygen atoms in total. The van der Waals surface area contributed by atoms with Crippen molar-refractivity contribution in [1.82, 2.24) is 4.90 Å². The van der Waals surface area contributed by atoms with Crippen molar-refractivity contribution in [2.24, 2.45) is 0 Å². The van der Waals surface area contributed by atoms with Crippen LogP contribution in [-0.4, -0.2) is 36.0 Å². The summed E-state index contributed by atoms with van der Waals surface area (Å²) in [6.45, 7) is 4.27. The SMILES string of the molecule is CCOC(=O)CCN(C(C)=O)C1CCCC1. The highest BCUT2D eigenvalue weighted by Gasteiger charge is 2.24. The Morgan fingerprint density at radius 2 is 1.94 bits per heavy atom. The van der Waals surface area contributed by atoms with Gasteiger partial charge in [0.05, 0.1) is 13.0 Å². The van der Waals surface area contributed by atoms with E-state index >= 15 is 0 Å². The third-order valence-electron chi connectivity index (χ3n) is 3.03. The molecule has 1 amide bonds. The number of carbonyl (C=O) groups is 2. The molecular formula is C12H21NO3. The Morgan fingerprint density at radius 1 is 1.31 bits per heavy atom. The maximum absolute atomic E-state index is 11.5. The topological polar surface area (TPSA) is 46.6 Å². The van der Waals surface area contributed by atoms with Gasteiger partial charge in [0.2, 0.25) is 5.91 Å². The summed E-state index contributed by atoms with van der Waals surface area (Å²) in [6, 6.07) is 0.340. The molecule has 0 aromatic carbocycles. The second-order valence-corrected chi connectivity index (χ2v) is 4.21. The molecule has 4 heteroatoms. The van der Waals surface area contributed by atoms with Gasteiger partial charge in [-0.15, -0.1) is 0 Å². The van der Waals surface area contributed by atoms with Gasteiger partial charge in [0, 0.05) is 19.5 Å². The number of rotatable bonds is 5. The molecule has 0 spiro atoms. The highest BCUT2D eigenvalue weighted by atomic mass is 16.5. The molecule has 0 atom stereocenters. The minimum absolute atomic E-state index is 0.0659. The van der Waals surface area contributed by atoms with Crippen molar-refractivity contribution in [3.8, 4) is 0 Å². The molecule has 0 heterocycles. The van der Waals surface area contributed by atoms with Crippen LogP contribution in [0.15, 0.2) is 0 Å². The lowest BCUT2D eigenvalue weighted by molar-refractivity contribution is -0.144. The zero-order valence-electron chi connectivity index (χ0n) is 10.2. The van der Waals surface area contributed by atoms with Crippen LogP contribution < -0.4 is 0 Å². The number of hydrogen-bond acceptors (Lipinski definition) is 3. The molecule has 0 bridgehead atoms. The Morgan fingerprint density at radius 3 is 2.44 bits per heavy atom. The van der Waals surface area contributed by atoms with Gasteiger partial charge in [0.25, 0.3) is 0 Å². The Kier molecular flexibility index (Phi) is 5.29. The molecule has 0 saturated heterocycles. The van der Waals surface area contributed by atoms with Crippen LogP contribution in [0.1, 0.15) is 46.0 Å². The third kappa shape index (κ3) is 3.83. The van der Waals surface area contributed by atoms with Gasteiger partial charge >= 0.3 is 5.97 Å². The van der Waals surface area contributed by atoms with Crippen LogP contribution >= 0.6 is 0 Å². The predicted molar refractivity (Wildman–Crippen MR) is 60.9 cm³/mol. The van der Waals surface area contributed by atoms with E-state index in [9.17, 15) is 9.59 Å². The van der Waals surface area contributed by atoms with Gasteiger partial charge in [-0.05, 0) is 19.8 Å². The number of hydrogen-bond donors (Lipinski definition) is 0. The van der Waals surface area contributed by atoms with Crippen molar-refractivity contribution >= 4 is 11.9 Å². The Balaban J connectivity index is 2.39. The quantitative estimate of drug-likeness (QED) is 0.672. The second kappa shape index (κ2) is 6.51. The zero-order chi connectivity index (χ0) is 12.0. The fraction of sp³-hybridized carbons (Fsp3) is 0.833. The van der Waals surface area contributed by atoms with Crippen LogP contribution in [0, 0.1) is 0 Å². The Hall–Kier alpha value is -1.06. The monoisotopic (exact) mass is 227 g/mol. The lowest BCUT2D eigenvalue weighted by Gasteiger charge is -2.27. The lowest BCUT2D eigenvalue weighted by Crippen LogP contribution is -2.38. The van der Waals surface area contributed by atoms with Gasteiger partial charge in [0.1, 0.15) is 0 Å². The predicted octanol–water partition coefficient (Wildman–Crippen LogP) is 1.73. The summed E-state index contributed by atoms with van der Waals surface area (Å²) >= 11 is 0. The first-order chi connectivity index (χ1) is 7.65. The number of esters is 1. The van der Waals surface area contributed by atoms with Gasteiger partial charge in [-0.3, -0.25) is 9.59 Å². The number of amides is 1. The third-order valence-corrected chi connectivity index (χ3v) is 3.03. The van der Waals surface area contributed by atoms with Crippen molar-refractivity contribution in [3.63, 3.8) is 0 Å². The molecule has 1 aliphatic carbocycles. The van der Waals surface area contributed by atoms with Gasteiger partial charge in [-0.1, -0.05) is 12.8 Å². The summed E-state index contributed by atoms with van der Waals surface area (Å²) in [6.07, 6.45) is 4.83. The van der Waals surface area contributed by atoms with E-state index in [4.69, 9.17) is 4.74 Å². The van der Waals surface area contributed by atoms with E-state index in [2.05, 4.69) is 0 Å². The van der Waals surface area contributed by atoms with Crippen LogP contribution in [0.4, 0.5) is 0 Å². The van der Waals surface area contributed by atoms with E-state index in [-0.39, 0.29) is 11.9 Å². The summed E-state index contributed by atoms with van der Waals surface area (Å²) in [5.41, 5.74) is 0. The maximum atomic E-state index is 11.5. The van der Waals surface area contributed by atoms with Crippen LogP contribution in [0.25, 0.3) is 0 Å². The van der Waals surface area contributed by atoms with Gasteiger partial charge in [-0.2, -0.15) is 0 Å². The first-order valence-electron chi connectivity index (χ1n) is 6.08. The Labute approximate surface area is 96.9 Å². The molecule has 0 aromatic rings. The van der Waals surface area contributed by atoms with Crippen molar-refractivity contribution in [3.05, 3.63) is 0 Å². The normalized spacial score (nSPS) is 16.1. The van der Waals surface area contributed by atoms with Gasteiger partial charge in [0.15, 0.2) is 0 Å². The summed E-state index contributed by atoms with van der Waals surface area (Å²) in [4.78, 5) is 24.5. The summed E-state index contributed by atoms with van der Waals surface area (Å²) in [7, 11) is 0. The molecule has 0 N–H and O–H groups in total. The van der Waals surface area contributed by atoms with E-state index in [0.29, 0.717) is 25.6 Å². The van der Waals surface area contributed by atoms with Gasteiger partial charge < -0.3 is 9.64 Å². The first-order valence-corrected chi connectivity index (χ1v) is 6.08. The average Bonchev–Trinajstić information content (AvgIpc) is 2.71. The number of carbonyl (C=O) groups excluding carboxylic acids is 2. The molecule has 16 heavy (non-hydrogen) atoms. The molecule has 0 radical (unpaired) electrons. The van der Waals surface area contributed by atoms with Crippen LogP contribution in [0.2, 0.25) is 0 Å². The van der Waals surface area contributed by atoms with Crippen LogP contribution in [0.3, 0.4) is 0 Å². The molecule has 0 aliphatic heterocycles. The molecule has 1 rings (SSSR count). The molecule has 1 aliphatic rings. The minimum Gasteiger partial charge on any atom is -0.466 e. The van der Waals surface area contributed by atoms with E-state index in [1.54, 1.807) is 13.8 Å². The zero-order valence-corrected chi connectivity index (χ0v) is 10.2. The van der Waals surface area contributed by atoms with E-state index < -0.39 is 0 Å². The number of nitrogens with zero attached hydrogens (tertiary/aromatic N) is 1. The molecule has 0 aromatic heterocycles. The van der Waals surface area contributed by atoms with Crippen molar-refractivity contribution < 1.29 is 14.3 Å². The van der Waals surface area contributed by atoms with Crippen LogP contribution in [0.5, 0.6) is 0 Å². The highest BCUT2D eigenvalue weighted by Crippen LogP contribution is 2.23. The van der Waals surface area contributed by atoms with Crippen molar-refractivity contribution in [2.45, 2.75) is 52.0 Å². The van der Waals surface area contributed by atoms with E-state index in [0.717, 1.165) is 12.8 Å².